The average molecular weight is 331 g/mol. The van der Waals surface area contributed by atoms with E-state index in [-0.39, 0.29) is 0 Å². The van der Waals surface area contributed by atoms with Crippen molar-refractivity contribution in [2.45, 2.75) is 45.1 Å². The van der Waals surface area contributed by atoms with Crippen molar-refractivity contribution < 1.29 is 9.84 Å². The molecule has 2 aromatic rings. The van der Waals surface area contributed by atoms with Gasteiger partial charge in [-0.15, -0.1) is 11.3 Å². The van der Waals surface area contributed by atoms with Gasteiger partial charge in [0.1, 0.15) is 0 Å². The molecule has 124 valence electrons. The van der Waals surface area contributed by atoms with Gasteiger partial charge in [0, 0.05) is 28.9 Å². The zero-order chi connectivity index (χ0) is 16.1. The van der Waals surface area contributed by atoms with Crippen LogP contribution < -0.4 is 0 Å². The highest BCUT2D eigenvalue weighted by atomic mass is 32.1. The maximum atomic E-state index is 10.3. The number of aliphatic hydroxyl groups is 1. The van der Waals surface area contributed by atoms with Crippen molar-refractivity contribution in [2.75, 3.05) is 13.2 Å². The zero-order valence-corrected chi connectivity index (χ0v) is 14.5. The average Bonchev–Trinajstić information content (AvgIpc) is 3.31. The summed E-state index contributed by atoms with van der Waals surface area (Å²) in [6.45, 7) is 4.73. The summed E-state index contributed by atoms with van der Waals surface area (Å²) in [6.07, 6.45) is 2.07. The molecule has 1 unspecified atom stereocenters. The summed E-state index contributed by atoms with van der Waals surface area (Å²) < 4.78 is 5.66. The number of thiophene rings is 1. The molecule has 3 rings (SSSR count). The van der Waals surface area contributed by atoms with E-state index in [1.54, 1.807) is 0 Å². The van der Waals surface area contributed by atoms with E-state index >= 15 is 0 Å². The number of rotatable bonds is 9. The molecule has 23 heavy (non-hydrogen) atoms. The standard InChI is InChI=1S/C19H25NO2S/c1-15-7-10-19(23-15)12-20(17-8-9-17)11-18(21)14-22-13-16-5-3-2-4-6-16/h2-7,10,17-18,21H,8-9,11-14H2,1H3. The SMILES string of the molecule is Cc1ccc(CN(CC(O)COCc2ccccc2)C2CC2)s1. The topological polar surface area (TPSA) is 32.7 Å². The summed E-state index contributed by atoms with van der Waals surface area (Å²) in [4.78, 5) is 5.14. The number of hydrogen-bond donors (Lipinski definition) is 1. The molecule has 1 N–H and O–H groups in total. The molecule has 3 nitrogen and oxygen atoms in total. The van der Waals surface area contributed by atoms with Crippen LogP contribution in [0.5, 0.6) is 0 Å². The normalized spacial score (nSPS) is 16.0. The van der Waals surface area contributed by atoms with Crippen LogP contribution in [0, 0.1) is 6.92 Å². The van der Waals surface area contributed by atoms with E-state index in [9.17, 15) is 5.11 Å². The molecular formula is C19H25NO2S. The summed E-state index contributed by atoms with van der Waals surface area (Å²) in [6, 6.07) is 15.1. The van der Waals surface area contributed by atoms with Crippen molar-refractivity contribution in [3.05, 3.63) is 57.8 Å². The fourth-order valence-corrected chi connectivity index (χ4v) is 3.68. The van der Waals surface area contributed by atoms with E-state index in [2.05, 4.69) is 24.0 Å². The molecule has 4 heteroatoms. The first-order valence-corrected chi connectivity index (χ1v) is 9.11. The molecule has 1 heterocycles. The smallest absolute Gasteiger partial charge is 0.0900 e. The minimum absolute atomic E-state index is 0.390. The van der Waals surface area contributed by atoms with Gasteiger partial charge in [-0.25, -0.2) is 0 Å². The van der Waals surface area contributed by atoms with E-state index < -0.39 is 6.10 Å². The van der Waals surface area contributed by atoms with Gasteiger partial charge in [0.05, 0.1) is 19.3 Å². The first kappa shape index (κ1) is 16.7. The van der Waals surface area contributed by atoms with E-state index in [0.717, 1.165) is 12.1 Å². The quantitative estimate of drug-likeness (QED) is 0.762. The molecule has 1 saturated carbocycles. The first-order valence-electron chi connectivity index (χ1n) is 8.30. The van der Waals surface area contributed by atoms with Gasteiger partial charge < -0.3 is 9.84 Å². The van der Waals surface area contributed by atoms with Gasteiger partial charge in [-0.05, 0) is 37.5 Å². The Balaban J connectivity index is 1.44. The van der Waals surface area contributed by atoms with Gasteiger partial charge in [0.2, 0.25) is 0 Å². The lowest BCUT2D eigenvalue weighted by Gasteiger charge is -2.24. The Bertz CT molecular complexity index is 594. The summed E-state index contributed by atoms with van der Waals surface area (Å²) in [5.41, 5.74) is 1.15. The zero-order valence-electron chi connectivity index (χ0n) is 13.6. The molecule has 1 aliphatic carbocycles. The minimum Gasteiger partial charge on any atom is -0.389 e. The van der Waals surface area contributed by atoms with Crippen molar-refractivity contribution in [3.63, 3.8) is 0 Å². The van der Waals surface area contributed by atoms with Crippen LogP contribution in [0.25, 0.3) is 0 Å². The molecule has 0 amide bonds. The second-order valence-corrected chi connectivity index (χ2v) is 7.70. The molecule has 1 aliphatic rings. The number of ether oxygens (including phenoxy) is 1. The van der Waals surface area contributed by atoms with E-state index in [1.165, 1.54) is 22.6 Å². The largest absolute Gasteiger partial charge is 0.389 e. The van der Waals surface area contributed by atoms with E-state index in [0.29, 0.717) is 25.8 Å². The van der Waals surface area contributed by atoms with Crippen molar-refractivity contribution in [3.8, 4) is 0 Å². The van der Waals surface area contributed by atoms with Gasteiger partial charge in [0.25, 0.3) is 0 Å². The van der Waals surface area contributed by atoms with Gasteiger partial charge in [-0.1, -0.05) is 30.3 Å². The van der Waals surface area contributed by atoms with Crippen LogP contribution in [0.4, 0.5) is 0 Å². The number of aryl methyl sites for hydroxylation is 1. The van der Waals surface area contributed by atoms with Crippen LogP contribution in [0.15, 0.2) is 42.5 Å². The Morgan fingerprint density at radius 3 is 2.65 bits per heavy atom. The number of aliphatic hydroxyl groups excluding tert-OH is 1. The monoisotopic (exact) mass is 331 g/mol. The third-order valence-corrected chi connectivity index (χ3v) is 5.07. The highest BCUT2D eigenvalue weighted by molar-refractivity contribution is 7.11. The Labute approximate surface area is 142 Å². The fraction of sp³-hybridized carbons (Fsp3) is 0.474. The number of benzene rings is 1. The van der Waals surface area contributed by atoms with Gasteiger partial charge in [0.15, 0.2) is 0 Å². The lowest BCUT2D eigenvalue weighted by Crippen LogP contribution is -2.35. The van der Waals surface area contributed by atoms with Crippen molar-refractivity contribution in [1.82, 2.24) is 4.90 Å². The molecular weight excluding hydrogens is 306 g/mol. The summed E-state index contributed by atoms with van der Waals surface area (Å²) in [5, 5.41) is 10.3. The molecule has 0 aliphatic heterocycles. The lowest BCUT2D eigenvalue weighted by molar-refractivity contribution is 0.00722. The minimum atomic E-state index is -0.430. The summed E-state index contributed by atoms with van der Waals surface area (Å²) >= 11 is 1.85. The molecule has 1 fully saturated rings. The van der Waals surface area contributed by atoms with Crippen molar-refractivity contribution >= 4 is 11.3 Å². The Morgan fingerprint density at radius 1 is 1.22 bits per heavy atom. The molecule has 0 spiro atoms. The molecule has 0 radical (unpaired) electrons. The lowest BCUT2D eigenvalue weighted by atomic mass is 10.2. The molecule has 1 atom stereocenters. The Hall–Kier alpha value is -1.20. The fourth-order valence-electron chi connectivity index (χ4n) is 2.76. The second kappa shape index (κ2) is 8.06. The number of hydrogen-bond acceptors (Lipinski definition) is 4. The van der Waals surface area contributed by atoms with Crippen LogP contribution in [0.2, 0.25) is 0 Å². The van der Waals surface area contributed by atoms with Crippen molar-refractivity contribution in [2.24, 2.45) is 0 Å². The predicted molar refractivity (Wildman–Crippen MR) is 94.6 cm³/mol. The summed E-state index contributed by atoms with van der Waals surface area (Å²) in [7, 11) is 0. The molecule has 0 saturated heterocycles. The second-order valence-electron chi connectivity index (χ2n) is 6.33. The van der Waals surface area contributed by atoms with Crippen molar-refractivity contribution in [1.29, 1.82) is 0 Å². The van der Waals surface area contributed by atoms with Gasteiger partial charge in [-0.3, -0.25) is 4.90 Å². The van der Waals surface area contributed by atoms with Crippen LogP contribution in [0.1, 0.15) is 28.2 Å². The maximum Gasteiger partial charge on any atom is 0.0900 e. The third-order valence-electron chi connectivity index (χ3n) is 4.09. The summed E-state index contributed by atoms with van der Waals surface area (Å²) in [5.74, 6) is 0. The van der Waals surface area contributed by atoms with Crippen LogP contribution >= 0.6 is 11.3 Å². The molecule has 1 aromatic carbocycles. The highest BCUT2D eigenvalue weighted by Gasteiger charge is 2.30. The third kappa shape index (κ3) is 5.43. The first-order chi connectivity index (χ1) is 11.2. The van der Waals surface area contributed by atoms with Gasteiger partial charge in [-0.2, -0.15) is 0 Å². The van der Waals surface area contributed by atoms with E-state index in [4.69, 9.17) is 4.74 Å². The Kier molecular flexibility index (Phi) is 5.84. The number of nitrogens with zero attached hydrogens (tertiary/aromatic N) is 1. The van der Waals surface area contributed by atoms with Crippen LogP contribution in [0.3, 0.4) is 0 Å². The predicted octanol–water partition coefficient (Wildman–Crippen LogP) is 3.60. The molecule has 1 aromatic heterocycles. The molecule has 0 bridgehead atoms. The van der Waals surface area contributed by atoms with E-state index in [1.807, 2.05) is 41.7 Å². The van der Waals surface area contributed by atoms with Gasteiger partial charge >= 0.3 is 0 Å². The maximum absolute atomic E-state index is 10.3. The highest BCUT2D eigenvalue weighted by Crippen LogP contribution is 2.29. The Morgan fingerprint density at radius 2 is 2.00 bits per heavy atom. The van der Waals surface area contributed by atoms with Crippen LogP contribution in [-0.4, -0.2) is 35.3 Å². The van der Waals surface area contributed by atoms with Crippen LogP contribution in [-0.2, 0) is 17.9 Å².